The molecule has 0 radical (unpaired) electrons. The highest BCUT2D eigenvalue weighted by Crippen LogP contribution is 2.35. The average Bonchev–Trinajstić information content (AvgIpc) is 3.17. The normalized spacial score (nSPS) is 18.6. The van der Waals surface area contributed by atoms with Crippen molar-refractivity contribution < 1.29 is 23.8 Å². The number of hydrogen-bond acceptors (Lipinski definition) is 7. The van der Waals surface area contributed by atoms with E-state index in [0.29, 0.717) is 54.4 Å². The van der Waals surface area contributed by atoms with Crippen molar-refractivity contribution in [3.8, 4) is 11.5 Å². The Morgan fingerprint density at radius 2 is 1.91 bits per heavy atom. The van der Waals surface area contributed by atoms with Gasteiger partial charge in [-0.15, -0.1) is 0 Å². The van der Waals surface area contributed by atoms with Crippen molar-refractivity contribution in [1.82, 2.24) is 9.80 Å². The van der Waals surface area contributed by atoms with Crippen LogP contribution in [0.25, 0.3) is 6.08 Å². The van der Waals surface area contributed by atoms with Crippen LogP contribution in [0.4, 0.5) is 5.69 Å². The predicted molar refractivity (Wildman–Crippen MR) is 132 cm³/mol. The number of carbonyl (C=O) groups is 2. The molecule has 2 saturated heterocycles. The number of amidine groups is 1. The molecule has 0 bridgehead atoms. The molecular weight excluding hydrogens is 454 g/mol. The number of ether oxygens (including phenoxy) is 3. The van der Waals surface area contributed by atoms with E-state index in [9.17, 15) is 9.59 Å². The average molecular weight is 482 g/mol. The van der Waals surface area contributed by atoms with Crippen LogP contribution < -0.4 is 9.47 Å². The van der Waals surface area contributed by atoms with Gasteiger partial charge >= 0.3 is 0 Å². The molecule has 0 unspecified atom stereocenters. The Labute approximate surface area is 203 Å². The Morgan fingerprint density at radius 1 is 1.15 bits per heavy atom. The third-order valence-corrected chi connectivity index (χ3v) is 6.39. The number of para-hydroxylation sites is 1. The molecule has 34 heavy (non-hydrogen) atoms. The minimum Gasteiger partial charge on any atom is -0.493 e. The number of thioether (sulfide) groups is 1. The largest absolute Gasteiger partial charge is 0.493 e. The number of nitrogens with zero attached hydrogens (tertiary/aromatic N) is 3. The fourth-order valence-corrected chi connectivity index (χ4v) is 4.63. The smallest absolute Gasteiger partial charge is 0.266 e. The predicted octanol–water partition coefficient (Wildman–Crippen LogP) is 3.56. The van der Waals surface area contributed by atoms with E-state index >= 15 is 0 Å². The van der Waals surface area contributed by atoms with Crippen molar-refractivity contribution in [2.24, 2.45) is 4.99 Å². The van der Waals surface area contributed by atoms with Gasteiger partial charge in [0.05, 0.1) is 30.9 Å². The zero-order valence-electron chi connectivity index (χ0n) is 19.2. The molecule has 178 valence electrons. The van der Waals surface area contributed by atoms with Crippen LogP contribution >= 0.6 is 11.8 Å². The number of amides is 2. The highest BCUT2D eigenvalue weighted by Gasteiger charge is 2.32. The molecule has 2 aliphatic heterocycles. The van der Waals surface area contributed by atoms with E-state index in [4.69, 9.17) is 14.2 Å². The summed E-state index contributed by atoms with van der Waals surface area (Å²) in [5.41, 5.74) is 1.59. The van der Waals surface area contributed by atoms with Crippen molar-refractivity contribution >= 4 is 40.5 Å². The van der Waals surface area contributed by atoms with E-state index in [1.54, 1.807) is 29.0 Å². The molecule has 9 heteroatoms. The summed E-state index contributed by atoms with van der Waals surface area (Å²) in [5, 5.41) is 0.651. The van der Waals surface area contributed by atoms with Gasteiger partial charge in [-0.05, 0) is 54.6 Å². The molecule has 2 aromatic carbocycles. The van der Waals surface area contributed by atoms with Gasteiger partial charge in [0.1, 0.15) is 0 Å². The van der Waals surface area contributed by atoms with Gasteiger partial charge in [-0.2, -0.15) is 0 Å². The minimum absolute atomic E-state index is 0.0735. The first-order chi connectivity index (χ1) is 16.6. The van der Waals surface area contributed by atoms with Gasteiger partial charge in [0, 0.05) is 19.6 Å². The zero-order valence-corrected chi connectivity index (χ0v) is 20.0. The Morgan fingerprint density at radius 3 is 2.62 bits per heavy atom. The zero-order chi connectivity index (χ0) is 23.9. The summed E-state index contributed by atoms with van der Waals surface area (Å²) in [5.74, 6) is 0.787. The minimum atomic E-state index is -0.0885. The molecule has 0 saturated carbocycles. The third kappa shape index (κ3) is 5.60. The van der Waals surface area contributed by atoms with Gasteiger partial charge in [-0.1, -0.05) is 24.3 Å². The van der Waals surface area contributed by atoms with Gasteiger partial charge in [0.25, 0.3) is 11.8 Å². The number of aliphatic imine (C=N–C) groups is 1. The number of rotatable bonds is 7. The van der Waals surface area contributed by atoms with E-state index in [2.05, 4.69) is 4.99 Å². The lowest BCUT2D eigenvalue weighted by Gasteiger charge is -2.26. The van der Waals surface area contributed by atoms with Gasteiger partial charge in [0.2, 0.25) is 0 Å². The summed E-state index contributed by atoms with van der Waals surface area (Å²) in [4.78, 5) is 33.9. The van der Waals surface area contributed by atoms with Crippen LogP contribution in [0.3, 0.4) is 0 Å². The molecule has 0 spiro atoms. The third-order valence-electron chi connectivity index (χ3n) is 5.39. The van der Waals surface area contributed by atoms with E-state index < -0.39 is 0 Å². The number of benzene rings is 2. The molecule has 4 rings (SSSR count). The summed E-state index contributed by atoms with van der Waals surface area (Å²) in [6, 6.07) is 14.9. The van der Waals surface area contributed by atoms with Gasteiger partial charge in [-0.3, -0.25) is 14.5 Å². The van der Waals surface area contributed by atoms with E-state index in [0.717, 1.165) is 11.3 Å². The monoisotopic (exact) mass is 481 g/mol. The van der Waals surface area contributed by atoms with Crippen LogP contribution in [-0.4, -0.2) is 73.3 Å². The molecular formula is C25H27N3O5S. The van der Waals surface area contributed by atoms with E-state index in [-0.39, 0.29) is 18.4 Å². The molecule has 0 atom stereocenters. The summed E-state index contributed by atoms with van der Waals surface area (Å²) in [6.45, 7) is 4.61. The van der Waals surface area contributed by atoms with Crippen molar-refractivity contribution in [2.75, 3.05) is 46.6 Å². The van der Waals surface area contributed by atoms with Crippen LogP contribution in [0.2, 0.25) is 0 Å². The number of methoxy groups -OCH3 is 1. The quantitative estimate of drug-likeness (QED) is 0.563. The Balaban J connectivity index is 1.48. The summed E-state index contributed by atoms with van der Waals surface area (Å²) in [7, 11) is 1.54. The second kappa shape index (κ2) is 11.2. The number of likely N-dealkylation sites (N-methyl/N-ethyl adjacent to an activating group) is 1. The molecule has 2 fully saturated rings. The standard InChI is InChI=1S/C25H27N3O5S/c1-3-28-24(30)22(34-25(28)26-19-7-5-4-6-8-19)16-18-9-10-20(21(15-18)31-2)33-17-23(29)27-11-13-32-14-12-27/h4-10,15-16H,3,11-14,17H2,1-2H3/b22-16+,26-25?. The first-order valence-corrected chi connectivity index (χ1v) is 11.9. The van der Waals surface area contributed by atoms with Crippen LogP contribution in [0.15, 0.2) is 58.4 Å². The number of hydrogen-bond donors (Lipinski definition) is 0. The van der Waals surface area contributed by atoms with Crippen molar-refractivity contribution in [3.05, 3.63) is 59.0 Å². The molecule has 2 heterocycles. The molecule has 2 amide bonds. The van der Waals surface area contributed by atoms with Crippen LogP contribution in [-0.2, 0) is 14.3 Å². The fraction of sp³-hybridized carbons (Fsp3) is 0.320. The molecule has 0 aliphatic carbocycles. The lowest BCUT2D eigenvalue weighted by atomic mass is 10.2. The summed E-state index contributed by atoms with van der Waals surface area (Å²) in [6.07, 6.45) is 1.81. The van der Waals surface area contributed by atoms with Crippen LogP contribution in [0, 0.1) is 0 Å². The lowest BCUT2D eigenvalue weighted by molar-refractivity contribution is -0.137. The maximum atomic E-state index is 12.9. The maximum Gasteiger partial charge on any atom is 0.266 e. The van der Waals surface area contributed by atoms with E-state index in [1.165, 1.54) is 11.8 Å². The highest BCUT2D eigenvalue weighted by molar-refractivity contribution is 8.18. The summed E-state index contributed by atoms with van der Waals surface area (Å²) < 4.78 is 16.5. The Hall–Kier alpha value is -3.30. The molecule has 0 N–H and O–H groups in total. The van der Waals surface area contributed by atoms with Gasteiger partial charge < -0.3 is 19.1 Å². The summed E-state index contributed by atoms with van der Waals surface area (Å²) >= 11 is 1.34. The van der Waals surface area contributed by atoms with Crippen molar-refractivity contribution in [1.29, 1.82) is 0 Å². The Bertz CT molecular complexity index is 1100. The molecule has 2 aromatic rings. The second-order valence-corrected chi connectivity index (χ2v) is 8.59. The first kappa shape index (κ1) is 23.8. The van der Waals surface area contributed by atoms with Gasteiger partial charge in [0.15, 0.2) is 23.3 Å². The van der Waals surface area contributed by atoms with Crippen LogP contribution in [0.5, 0.6) is 11.5 Å². The number of carbonyl (C=O) groups excluding carboxylic acids is 2. The lowest BCUT2D eigenvalue weighted by Crippen LogP contribution is -2.43. The highest BCUT2D eigenvalue weighted by atomic mass is 32.2. The van der Waals surface area contributed by atoms with E-state index in [1.807, 2.05) is 49.4 Å². The van der Waals surface area contributed by atoms with Gasteiger partial charge in [-0.25, -0.2) is 4.99 Å². The van der Waals surface area contributed by atoms with Crippen molar-refractivity contribution in [2.45, 2.75) is 6.92 Å². The fourth-order valence-electron chi connectivity index (χ4n) is 3.57. The number of morpholine rings is 1. The van der Waals surface area contributed by atoms with Crippen molar-refractivity contribution in [3.63, 3.8) is 0 Å². The van der Waals surface area contributed by atoms with Crippen LogP contribution in [0.1, 0.15) is 12.5 Å². The SMILES string of the molecule is CCN1C(=O)/C(=C\c2ccc(OCC(=O)N3CCOCC3)c(OC)c2)SC1=Nc1ccccc1. The Kier molecular flexibility index (Phi) is 7.87. The second-order valence-electron chi connectivity index (χ2n) is 7.58. The molecule has 0 aromatic heterocycles. The topological polar surface area (TPSA) is 80.7 Å². The molecule has 8 nitrogen and oxygen atoms in total. The first-order valence-electron chi connectivity index (χ1n) is 11.1. The molecule has 2 aliphatic rings. The maximum absolute atomic E-state index is 12.9.